The molecule has 0 amide bonds. The van der Waals surface area contributed by atoms with Crippen LogP contribution in [-0.4, -0.2) is 36.2 Å². The summed E-state index contributed by atoms with van der Waals surface area (Å²) in [5, 5.41) is -0.387. The Morgan fingerprint density at radius 3 is 2.35 bits per heavy atom. The maximum absolute atomic E-state index is 11.9. The van der Waals surface area contributed by atoms with E-state index in [1.165, 1.54) is 11.8 Å². The molecule has 0 aliphatic carbocycles. The minimum atomic E-state index is -0.387. The normalized spacial score (nSPS) is 11.7. The second-order valence-corrected chi connectivity index (χ2v) is 5.24. The first-order valence-electron chi connectivity index (χ1n) is 6.65. The van der Waals surface area contributed by atoms with Gasteiger partial charge in [0.15, 0.2) is 0 Å². The molecule has 0 spiro atoms. The summed E-state index contributed by atoms with van der Waals surface area (Å²) in [6, 6.07) is 9.68. The molecule has 0 N–H and O–H groups in total. The fourth-order valence-corrected chi connectivity index (χ4v) is 2.58. The van der Waals surface area contributed by atoms with Gasteiger partial charge in [0.05, 0.1) is 19.0 Å². The van der Waals surface area contributed by atoms with E-state index in [-0.39, 0.29) is 22.9 Å². The van der Waals surface area contributed by atoms with Crippen LogP contribution in [0.3, 0.4) is 0 Å². The fourth-order valence-electron chi connectivity index (χ4n) is 1.64. The predicted molar refractivity (Wildman–Crippen MR) is 79.7 cm³/mol. The summed E-state index contributed by atoms with van der Waals surface area (Å²) < 4.78 is 9.93. The van der Waals surface area contributed by atoms with Gasteiger partial charge < -0.3 is 9.47 Å². The van der Waals surface area contributed by atoms with Crippen LogP contribution in [0.2, 0.25) is 0 Å². The summed E-state index contributed by atoms with van der Waals surface area (Å²) in [5.41, 5.74) is 1.04. The minimum Gasteiger partial charge on any atom is -0.465 e. The molecule has 0 heterocycles. The van der Waals surface area contributed by atoms with Crippen LogP contribution in [0.15, 0.2) is 30.3 Å². The van der Waals surface area contributed by atoms with Gasteiger partial charge in [0.25, 0.3) is 0 Å². The number of hydrogen-bond acceptors (Lipinski definition) is 5. The van der Waals surface area contributed by atoms with E-state index in [0.717, 1.165) is 5.56 Å². The highest BCUT2D eigenvalue weighted by molar-refractivity contribution is 8.01. The molecule has 0 saturated heterocycles. The summed E-state index contributed by atoms with van der Waals surface area (Å²) in [5.74, 6) is -0.435. The van der Waals surface area contributed by atoms with Crippen molar-refractivity contribution in [1.29, 1.82) is 0 Å². The van der Waals surface area contributed by atoms with Crippen LogP contribution in [0.25, 0.3) is 0 Å². The van der Waals surface area contributed by atoms with Gasteiger partial charge in [-0.3, -0.25) is 9.59 Å². The fraction of sp³-hybridized carbons (Fsp3) is 0.467. The number of ether oxygens (including phenoxy) is 2. The number of rotatable bonds is 8. The zero-order valence-corrected chi connectivity index (χ0v) is 12.7. The topological polar surface area (TPSA) is 52.6 Å². The predicted octanol–water partition coefficient (Wildman–Crippen LogP) is 2.46. The first-order chi connectivity index (χ1) is 9.67. The maximum atomic E-state index is 11.9. The SMILES string of the molecule is CCOC(=O)CSC(Cc1ccccc1)C(=O)OCC. The zero-order chi connectivity index (χ0) is 14.8. The molecule has 0 saturated carbocycles. The Kier molecular flexibility index (Phi) is 7.80. The van der Waals surface area contributed by atoms with Crippen LogP contribution < -0.4 is 0 Å². The molecule has 4 nitrogen and oxygen atoms in total. The van der Waals surface area contributed by atoms with Gasteiger partial charge in [0.2, 0.25) is 0 Å². The highest BCUT2D eigenvalue weighted by Gasteiger charge is 2.22. The Morgan fingerprint density at radius 2 is 1.75 bits per heavy atom. The van der Waals surface area contributed by atoms with Gasteiger partial charge in [-0.05, 0) is 25.8 Å². The molecule has 5 heteroatoms. The standard InChI is InChI=1S/C15H20O4S/c1-3-18-14(16)11-20-13(15(17)19-4-2)10-12-8-6-5-7-9-12/h5-9,13H,3-4,10-11H2,1-2H3. The molecule has 0 aromatic heterocycles. The highest BCUT2D eigenvalue weighted by atomic mass is 32.2. The molecule has 1 rings (SSSR count). The Morgan fingerprint density at radius 1 is 1.10 bits per heavy atom. The lowest BCUT2D eigenvalue weighted by molar-refractivity contribution is -0.142. The Labute approximate surface area is 123 Å². The van der Waals surface area contributed by atoms with Gasteiger partial charge in [-0.25, -0.2) is 0 Å². The molecular formula is C15H20O4S. The molecular weight excluding hydrogens is 276 g/mol. The van der Waals surface area contributed by atoms with Gasteiger partial charge >= 0.3 is 11.9 Å². The minimum absolute atomic E-state index is 0.157. The average Bonchev–Trinajstić information content (AvgIpc) is 2.45. The molecule has 110 valence electrons. The lowest BCUT2D eigenvalue weighted by Gasteiger charge is -2.15. The molecule has 0 radical (unpaired) electrons. The maximum Gasteiger partial charge on any atom is 0.319 e. The second kappa shape index (κ2) is 9.42. The lowest BCUT2D eigenvalue weighted by atomic mass is 10.1. The summed E-state index contributed by atoms with van der Waals surface area (Å²) in [4.78, 5) is 23.3. The van der Waals surface area contributed by atoms with Crippen LogP contribution in [0.1, 0.15) is 19.4 Å². The smallest absolute Gasteiger partial charge is 0.319 e. The summed E-state index contributed by atoms with van der Waals surface area (Å²) in [6.07, 6.45) is 0.545. The average molecular weight is 296 g/mol. The van der Waals surface area contributed by atoms with Crippen molar-refractivity contribution in [1.82, 2.24) is 0 Å². The van der Waals surface area contributed by atoms with Crippen LogP contribution in [0.4, 0.5) is 0 Å². The Hall–Kier alpha value is -1.49. The van der Waals surface area contributed by atoms with E-state index in [9.17, 15) is 9.59 Å². The van der Waals surface area contributed by atoms with Crippen LogP contribution in [-0.2, 0) is 25.5 Å². The molecule has 0 bridgehead atoms. The number of esters is 2. The van der Waals surface area contributed by atoms with E-state index >= 15 is 0 Å². The van der Waals surface area contributed by atoms with E-state index in [0.29, 0.717) is 19.6 Å². The van der Waals surface area contributed by atoms with Gasteiger partial charge in [-0.2, -0.15) is 0 Å². The van der Waals surface area contributed by atoms with Gasteiger partial charge in [-0.15, -0.1) is 11.8 Å². The Bertz CT molecular complexity index is 419. The van der Waals surface area contributed by atoms with E-state index in [1.807, 2.05) is 30.3 Å². The van der Waals surface area contributed by atoms with Crippen molar-refractivity contribution in [3.05, 3.63) is 35.9 Å². The number of thioether (sulfide) groups is 1. The molecule has 0 fully saturated rings. The van der Waals surface area contributed by atoms with E-state index in [4.69, 9.17) is 9.47 Å². The zero-order valence-electron chi connectivity index (χ0n) is 11.8. The van der Waals surface area contributed by atoms with E-state index in [2.05, 4.69) is 0 Å². The summed E-state index contributed by atoms with van der Waals surface area (Å²) in [7, 11) is 0. The van der Waals surface area contributed by atoms with Gasteiger partial charge in [0, 0.05) is 0 Å². The quantitative estimate of drug-likeness (QED) is 0.690. The molecule has 1 aromatic rings. The summed E-state index contributed by atoms with van der Waals surface area (Å²) >= 11 is 1.26. The third-order valence-corrected chi connectivity index (χ3v) is 3.68. The van der Waals surface area contributed by atoms with Crippen molar-refractivity contribution in [2.75, 3.05) is 19.0 Å². The number of benzene rings is 1. The van der Waals surface area contributed by atoms with Crippen LogP contribution in [0, 0.1) is 0 Å². The Balaban J connectivity index is 2.60. The van der Waals surface area contributed by atoms with Crippen molar-refractivity contribution in [2.45, 2.75) is 25.5 Å². The second-order valence-electron chi connectivity index (χ2n) is 4.05. The number of carbonyl (C=O) groups excluding carboxylic acids is 2. The van der Waals surface area contributed by atoms with Gasteiger partial charge in [-0.1, -0.05) is 30.3 Å². The van der Waals surface area contributed by atoms with Crippen LogP contribution >= 0.6 is 11.8 Å². The first-order valence-corrected chi connectivity index (χ1v) is 7.70. The number of hydrogen-bond donors (Lipinski definition) is 0. The summed E-state index contributed by atoms with van der Waals surface area (Å²) in [6.45, 7) is 4.22. The lowest BCUT2D eigenvalue weighted by Crippen LogP contribution is -2.24. The molecule has 1 aromatic carbocycles. The van der Waals surface area contributed by atoms with E-state index < -0.39 is 0 Å². The monoisotopic (exact) mass is 296 g/mol. The van der Waals surface area contributed by atoms with Crippen molar-refractivity contribution in [3.63, 3.8) is 0 Å². The molecule has 0 aliphatic rings. The molecule has 0 aliphatic heterocycles. The van der Waals surface area contributed by atoms with Gasteiger partial charge in [0.1, 0.15) is 5.25 Å². The van der Waals surface area contributed by atoms with Crippen molar-refractivity contribution < 1.29 is 19.1 Å². The molecule has 1 atom stereocenters. The largest absolute Gasteiger partial charge is 0.465 e. The number of carbonyl (C=O) groups is 2. The van der Waals surface area contributed by atoms with E-state index in [1.54, 1.807) is 13.8 Å². The third-order valence-electron chi connectivity index (χ3n) is 2.52. The third kappa shape index (κ3) is 6.10. The first kappa shape index (κ1) is 16.6. The molecule has 20 heavy (non-hydrogen) atoms. The van der Waals surface area contributed by atoms with Crippen LogP contribution in [0.5, 0.6) is 0 Å². The highest BCUT2D eigenvalue weighted by Crippen LogP contribution is 2.18. The van der Waals surface area contributed by atoms with Crippen molar-refractivity contribution in [3.8, 4) is 0 Å². The molecule has 1 unspecified atom stereocenters. The van der Waals surface area contributed by atoms with Crippen molar-refractivity contribution in [2.24, 2.45) is 0 Å². The van der Waals surface area contributed by atoms with Crippen molar-refractivity contribution >= 4 is 23.7 Å².